The van der Waals surface area contributed by atoms with E-state index in [9.17, 15) is 21.9 Å². The van der Waals surface area contributed by atoms with Crippen LogP contribution >= 0.6 is 0 Å². The van der Waals surface area contributed by atoms with Crippen LogP contribution in [0.1, 0.15) is 5.56 Å². The first-order chi connectivity index (χ1) is 11.1. The van der Waals surface area contributed by atoms with Crippen molar-refractivity contribution in [2.45, 2.75) is 24.0 Å². The van der Waals surface area contributed by atoms with Gasteiger partial charge in [-0.25, -0.2) is 21.6 Å². The molecule has 0 unspecified atom stereocenters. The Morgan fingerprint density at radius 3 is 2.58 bits per heavy atom. The summed E-state index contributed by atoms with van der Waals surface area (Å²) in [6.07, 6.45) is -0.969. The molecule has 2 rings (SSSR count). The van der Waals surface area contributed by atoms with E-state index in [0.29, 0.717) is 0 Å². The molecule has 136 valence electrons. The Kier molecular flexibility index (Phi) is 5.87. The Morgan fingerprint density at radius 2 is 2.00 bits per heavy atom. The van der Waals surface area contributed by atoms with E-state index in [1.165, 1.54) is 13.2 Å². The van der Waals surface area contributed by atoms with Crippen molar-refractivity contribution in [1.29, 1.82) is 0 Å². The lowest BCUT2D eigenvalue weighted by molar-refractivity contribution is 0.166. The number of nitrogens with one attached hydrogen (secondary N) is 2. The third kappa shape index (κ3) is 4.67. The van der Waals surface area contributed by atoms with Crippen LogP contribution in [0.3, 0.4) is 0 Å². The number of aliphatic hydroxyl groups excluding tert-OH is 1. The molecule has 10 heteroatoms. The molecule has 1 aliphatic heterocycles. The van der Waals surface area contributed by atoms with Gasteiger partial charge in [-0.05, 0) is 24.6 Å². The number of hydrogen-bond donors (Lipinski definition) is 3. The number of aryl methyl sites for hydroxylation is 1. The van der Waals surface area contributed by atoms with Gasteiger partial charge in [0.2, 0.25) is 10.0 Å². The molecule has 0 radical (unpaired) electrons. The molecular weight excluding hydrogens is 356 g/mol. The number of aliphatic hydroxyl groups is 1. The maximum Gasteiger partial charge on any atom is 0.244 e. The van der Waals surface area contributed by atoms with E-state index in [1.807, 2.05) is 0 Å². The average molecular weight is 378 g/mol. The molecule has 0 spiro atoms. The molecule has 0 aromatic heterocycles. The summed E-state index contributed by atoms with van der Waals surface area (Å²) in [5.41, 5.74) is 0.786. The van der Waals surface area contributed by atoms with Crippen LogP contribution in [0.5, 0.6) is 5.75 Å². The molecule has 0 aliphatic carbocycles. The number of hydrogen-bond acceptors (Lipinski definition) is 7. The second-order valence-electron chi connectivity index (χ2n) is 5.76. The molecule has 1 heterocycles. The highest BCUT2D eigenvalue weighted by atomic mass is 32.2. The summed E-state index contributed by atoms with van der Waals surface area (Å²) >= 11 is 0. The maximum atomic E-state index is 12.4. The number of ether oxygens (including phenoxy) is 1. The number of methoxy groups -OCH3 is 1. The highest BCUT2D eigenvalue weighted by Crippen LogP contribution is 2.24. The highest BCUT2D eigenvalue weighted by molar-refractivity contribution is 7.91. The lowest BCUT2D eigenvalue weighted by atomic mass is 10.2. The number of sulfone groups is 1. The summed E-state index contributed by atoms with van der Waals surface area (Å²) in [5, 5.41) is 12.5. The minimum absolute atomic E-state index is 0.0495. The van der Waals surface area contributed by atoms with Crippen LogP contribution in [0, 0.1) is 6.92 Å². The third-order valence-corrected chi connectivity index (χ3v) is 6.95. The van der Waals surface area contributed by atoms with Crippen LogP contribution in [0.25, 0.3) is 0 Å². The van der Waals surface area contributed by atoms with Gasteiger partial charge in [0.05, 0.1) is 24.7 Å². The average Bonchev–Trinajstić information content (AvgIpc) is 2.76. The maximum absolute atomic E-state index is 12.4. The van der Waals surface area contributed by atoms with Gasteiger partial charge < -0.3 is 15.2 Å². The van der Waals surface area contributed by atoms with Crippen molar-refractivity contribution in [2.24, 2.45) is 0 Å². The van der Waals surface area contributed by atoms with E-state index in [2.05, 4.69) is 10.0 Å². The highest BCUT2D eigenvalue weighted by Gasteiger charge is 2.35. The summed E-state index contributed by atoms with van der Waals surface area (Å²) in [7, 11) is -5.59. The van der Waals surface area contributed by atoms with Crippen LogP contribution in [-0.2, 0) is 19.9 Å². The van der Waals surface area contributed by atoms with Crippen LogP contribution < -0.4 is 14.8 Å². The molecule has 0 amide bonds. The number of sulfonamides is 1. The van der Waals surface area contributed by atoms with Gasteiger partial charge in [0.25, 0.3) is 0 Å². The van der Waals surface area contributed by atoms with Crippen LogP contribution in [0.2, 0.25) is 0 Å². The first kappa shape index (κ1) is 19.1. The Labute approximate surface area is 142 Å². The summed E-state index contributed by atoms with van der Waals surface area (Å²) in [5.74, 6) is -0.165. The van der Waals surface area contributed by atoms with E-state index >= 15 is 0 Å². The SMILES string of the molecule is COc1ccc(C)cc1S(=O)(=O)NCCN[C@H]1CS(=O)(=O)C[C@H]1O. The van der Waals surface area contributed by atoms with Gasteiger partial charge in [-0.2, -0.15) is 0 Å². The smallest absolute Gasteiger partial charge is 0.244 e. The summed E-state index contributed by atoms with van der Waals surface area (Å²) < 4.78 is 55.0. The summed E-state index contributed by atoms with van der Waals surface area (Å²) in [6, 6.07) is 4.28. The predicted molar refractivity (Wildman–Crippen MR) is 89.4 cm³/mol. The molecule has 1 fully saturated rings. The molecule has 1 saturated heterocycles. The second-order valence-corrected chi connectivity index (χ2v) is 9.65. The second kappa shape index (κ2) is 7.36. The molecule has 3 N–H and O–H groups in total. The Bertz CT molecular complexity index is 791. The minimum Gasteiger partial charge on any atom is -0.495 e. The zero-order chi connectivity index (χ0) is 18.0. The van der Waals surface area contributed by atoms with Crippen molar-refractivity contribution in [3.05, 3.63) is 23.8 Å². The molecule has 1 aromatic carbocycles. The lowest BCUT2D eigenvalue weighted by Crippen LogP contribution is -2.42. The van der Waals surface area contributed by atoms with Crippen LogP contribution in [0.4, 0.5) is 0 Å². The lowest BCUT2D eigenvalue weighted by Gasteiger charge is -2.15. The van der Waals surface area contributed by atoms with Gasteiger partial charge in [-0.1, -0.05) is 6.07 Å². The molecule has 2 atom stereocenters. The number of benzene rings is 1. The van der Waals surface area contributed by atoms with E-state index in [0.717, 1.165) is 5.56 Å². The Morgan fingerprint density at radius 1 is 1.29 bits per heavy atom. The third-order valence-electron chi connectivity index (χ3n) is 3.75. The Hall–Kier alpha value is -1.20. The molecular formula is C14H22N2O6S2. The van der Waals surface area contributed by atoms with Crippen molar-refractivity contribution < 1.29 is 26.7 Å². The van der Waals surface area contributed by atoms with Crippen molar-refractivity contribution in [1.82, 2.24) is 10.0 Å². The van der Waals surface area contributed by atoms with E-state index < -0.39 is 32.0 Å². The van der Waals surface area contributed by atoms with Crippen LogP contribution in [0.15, 0.2) is 23.1 Å². The van der Waals surface area contributed by atoms with Gasteiger partial charge in [0.1, 0.15) is 10.6 Å². The molecule has 1 aliphatic rings. The first-order valence-electron chi connectivity index (χ1n) is 7.41. The van der Waals surface area contributed by atoms with Gasteiger partial charge in [-0.15, -0.1) is 0 Å². The fraction of sp³-hybridized carbons (Fsp3) is 0.571. The van der Waals surface area contributed by atoms with E-state index in [1.54, 1.807) is 19.1 Å². The molecule has 0 saturated carbocycles. The fourth-order valence-corrected chi connectivity index (χ4v) is 5.60. The quantitative estimate of drug-likeness (QED) is 0.522. The normalized spacial score (nSPS) is 23.3. The Balaban J connectivity index is 1.93. The molecule has 1 aromatic rings. The topological polar surface area (TPSA) is 122 Å². The van der Waals surface area contributed by atoms with Crippen molar-refractivity contribution in [3.63, 3.8) is 0 Å². The van der Waals surface area contributed by atoms with Gasteiger partial charge in [-0.3, -0.25) is 0 Å². The van der Waals surface area contributed by atoms with Gasteiger partial charge in [0.15, 0.2) is 9.84 Å². The van der Waals surface area contributed by atoms with E-state index in [-0.39, 0.29) is 35.2 Å². The van der Waals surface area contributed by atoms with E-state index in [4.69, 9.17) is 4.74 Å². The fourth-order valence-electron chi connectivity index (χ4n) is 2.54. The van der Waals surface area contributed by atoms with Gasteiger partial charge in [0, 0.05) is 19.1 Å². The predicted octanol–water partition coefficient (Wildman–Crippen LogP) is -0.971. The number of rotatable bonds is 7. The molecule has 8 nitrogen and oxygen atoms in total. The van der Waals surface area contributed by atoms with Crippen molar-refractivity contribution in [3.8, 4) is 5.75 Å². The molecule has 0 bridgehead atoms. The zero-order valence-electron chi connectivity index (χ0n) is 13.5. The first-order valence-corrected chi connectivity index (χ1v) is 10.7. The standard InChI is InChI=1S/C14H22N2O6S2/c1-10-3-4-13(22-2)14(7-10)24(20,21)16-6-5-15-11-8-23(18,19)9-12(11)17/h3-4,7,11-12,15-17H,5-6,8-9H2,1-2H3/t11-,12+/m0/s1. The molecule has 24 heavy (non-hydrogen) atoms. The largest absolute Gasteiger partial charge is 0.495 e. The summed E-state index contributed by atoms with van der Waals surface area (Å²) in [6.45, 7) is 2.04. The summed E-state index contributed by atoms with van der Waals surface area (Å²) in [4.78, 5) is 0.0495. The zero-order valence-corrected chi connectivity index (χ0v) is 15.2. The monoisotopic (exact) mass is 378 g/mol. The van der Waals surface area contributed by atoms with Crippen LogP contribution in [-0.4, -0.2) is 65.8 Å². The minimum atomic E-state index is -3.75. The van der Waals surface area contributed by atoms with Crippen molar-refractivity contribution in [2.75, 3.05) is 31.7 Å². The van der Waals surface area contributed by atoms with Gasteiger partial charge >= 0.3 is 0 Å². The van der Waals surface area contributed by atoms with Crippen molar-refractivity contribution >= 4 is 19.9 Å².